The summed E-state index contributed by atoms with van der Waals surface area (Å²) in [5, 5.41) is 5.89. The van der Waals surface area contributed by atoms with E-state index in [1.165, 1.54) is 16.2 Å². The Hall–Kier alpha value is -2.19. The van der Waals surface area contributed by atoms with Crippen LogP contribution in [0, 0.1) is 13.8 Å². The van der Waals surface area contributed by atoms with Gasteiger partial charge in [-0.1, -0.05) is 27.2 Å². The molecule has 0 N–H and O–H groups in total. The molecule has 0 aliphatic carbocycles. The van der Waals surface area contributed by atoms with Crippen molar-refractivity contribution in [3.63, 3.8) is 0 Å². The lowest BCUT2D eigenvalue weighted by atomic mass is 10.1. The van der Waals surface area contributed by atoms with Crippen molar-refractivity contribution in [1.82, 2.24) is 15.0 Å². The van der Waals surface area contributed by atoms with Gasteiger partial charge in [0.05, 0.1) is 11.4 Å². The third-order valence-electron chi connectivity index (χ3n) is 3.78. The molecule has 26 heavy (non-hydrogen) atoms. The molecule has 0 saturated carbocycles. The molecule has 2 aromatic heterocycles. The van der Waals surface area contributed by atoms with Crippen molar-refractivity contribution in [2.75, 3.05) is 13.7 Å². The SMILES string of the molecule is Cc1cc(OCC(=O)N(C)Cc2nc(-c3cccs3)no2)cc(C)c1Br. The Morgan fingerprint density at radius 1 is 1.35 bits per heavy atom. The number of amides is 1. The molecule has 0 unspecified atom stereocenters. The molecule has 0 aliphatic heterocycles. The summed E-state index contributed by atoms with van der Waals surface area (Å²) in [6.07, 6.45) is 0. The largest absolute Gasteiger partial charge is 0.484 e. The lowest BCUT2D eigenvalue weighted by molar-refractivity contribution is -0.132. The number of hydrogen-bond donors (Lipinski definition) is 0. The van der Waals surface area contributed by atoms with Crippen LogP contribution in [0.1, 0.15) is 17.0 Å². The molecule has 8 heteroatoms. The Kier molecular flexibility index (Phi) is 5.73. The van der Waals surface area contributed by atoms with Gasteiger partial charge >= 0.3 is 0 Å². The van der Waals surface area contributed by atoms with Gasteiger partial charge in [-0.2, -0.15) is 4.98 Å². The fraction of sp³-hybridized carbons (Fsp3) is 0.278. The van der Waals surface area contributed by atoms with Crippen molar-refractivity contribution in [2.24, 2.45) is 0 Å². The van der Waals surface area contributed by atoms with Crippen LogP contribution in [-0.2, 0) is 11.3 Å². The highest BCUT2D eigenvalue weighted by Gasteiger charge is 2.16. The highest BCUT2D eigenvalue weighted by molar-refractivity contribution is 9.10. The third kappa shape index (κ3) is 4.31. The van der Waals surface area contributed by atoms with Crippen LogP contribution in [0.5, 0.6) is 5.75 Å². The van der Waals surface area contributed by atoms with Crippen molar-refractivity contribution in [1.29, 1.82) is 0 Å². The van der Waals surface area contributed by atoms with Crippen LogP contribution in [0.15, 0.2) is 38.6 Å². The molecule has 0 bridgehead atoms. The van der Waals surface area contributed by atoms with Crippen LogP contribution in [0.25, 0.3) is 10.7 Å². The molecule has 0 fully saturated rings. The molecule has 3 rings (SSSR count). The molecule has 0 aliphatic rings. The minimum atomic E-state index is -0.168. The van der Waals surface area contributed by atoms with E-state index >= 15 is 0 Å². The maximum absolute atomic E-state index is 12.3. The first-order valence-electron chi connectivity index (χ1n) is 7.94. The quantitative estimate of drug-likeness (QED) is 0.579. The van der Waals surface area contributed by atoms with E-state index in [-0.39, 0.29) is 19.1 Å². The molecule has 3 aromatic rings. The summed E-state index contributed by atoms with van der Waals surface area (Å²) in [6, 6.07) is 7.64. The summed E-state index contributed by atoms with van der Waals surface area (Å²) >= 11 is 5.05. The first-order valence-corrected chi connectivity index (χ1v) is 9.61. The van der Waals surface area contributed by atoms with Gasteiger partial charge < -0.3 is 14.2 Å². The average molecular weight is 436 g/mol. The number of benzene rings is 1. The maximum atomic E-state index is 12.3. The molecule has 0 saturated heterocycles. The Labute approximate surface area is 163 Å². The van der Waals surface area contributed by atoms with Crippen molar-refractivity contribution < 1.29 is 14.1 Å². The number of aromatic nitrogens is 2. The second-order valence-corrected chi connectivity index (χ2v) is 7.64. The molecular formula is C18H18BrN3O3S. The van der Waals surface area contributed by atoms with Crippen LogP contribution < -0.4 is 4.74 Å². The van der Waals surface area contributed by atoms with Gasteiger partial charge in [0.2, 0.25) is 11.7 Å². The van der Waals surface area contributed by atoms with Gasteiger partial charge in [0.25, 0.3) is 5.91 Å². The van der Waals surface area contributed by atoms with Crippen LogP contribution in [-0.4, -0.2) is 34.6 Å². The van der Waals surface area contributed by atoms with Gasteiger partial charge in [-0.05, 0) is 48.6 Å². The smallest absolute Gasteiger partial charge is 0.260 e. The van der Waals surface area contributed by atoms with Crippen molar-refractivity contribution in [3.05, 3.63) is 51.1 Å². The van der Waals surface area contributed by atoms with E-state index in [0.29, 0.717) is 17.5 Å². The molecule has 0 atom stereocenters. The molecule has 0 spiro atoms. The van der Waals surface area contributed by atoms with E-state index in [9.17, 15) is 4.79 Å². The lowest BCUT2D eigenvalue weighted by Crippen LogP contribution is -2.31. The number of ether oxygens (including phenoxy) is 1. The van der Waals surface area contributed by atoms with Crippen LogP contribution in [0.2, 0.25) is 0 Å². The fourth-order valence-electron chi connectivity index (χ4n) is 2.36. The van der Waals surface area contributed by atoms with E-state index in [4.69, 9.17) is 9.26 Å². The van der Waals surface area contributed by atoms with E-state index in [1.807, 2.05) is 43.5 Å². The zero-order valence-electron chi connectivity index (χ0n) is 14.7. The van der Waals surface area contributed by atoms with Gasteiger partial charge in [0.15, 0.2) is 6.61 Å². The fourth-order valence-corrected chi connectivity index (χ4v) is 3.24. The second kappa shape index (κ2) is 8.01. The number of thiophene rings is 1. The van der Waals surface area contributed by atoms with E-state index < -0.39 is 0 Å². The van der Waals surface area contributed by atoms with Crippen molar-refractivity contribution >= 4 is 33.2 Å². The Morgan fingerprint density at radius 3 is 2.73 bits per heavy atom. The molecule has 0 radical (unpaired) electrons. The van der Waals surface area contributed by atoms with E-state index in [0.717, 1.165) is 20.5 Å². The number of rotatable bonds is 6. The predicted octanol–water partition coefficient (Wildman–Crippen LogP) is 4.21. The summed E-state index contributed by atoms with van der Waals surface area (Å²) < 4.78 is 11.9. The first kappa shape index (κ1) is 18.6. The number of halogens is 1. The number of likely N-dealkylation sites (N-methyl/N-ethyl adjacent to an activating group) is 1. The van der Waals surface area contributed by atoms with Gasteiger partial charge in [0.1, 0.15) is 5.75 Å². The van der Waals surface area contributed by atoms with Crippen LogP contribution >= 0.6 is 27.3 Å². The summed E-state index contributed by atoms with van der Waals surface area (Å²) in [5.74, 6) is 1.43. The Morgan fingerprint density at radius 2 is 2.08 bits per heavy atom. The molecule has 1 amide bonds. The van der Waals surface area contributed by atoms with Gasteiger partial charge in [-0.3, -0.25) is 4.79 Å². The highest BCUT2D eigenvalue weighted by atomic mass is 79.9. The Bertz CT molecular complexity index is 885. The van der Waals surface area contributed by atoms with Crippen molar-refractivity contribution in [2.45, 2.75) is 20.4 Å². The average Bonchev–Trinajstić information content (AvgIpc) is 3.28. The first-order chi connectivity index (χ1) is 12.4. The summed E-state index contributed by atoms with van der Waals surface area (Å²) in [6.45, 7) is 4.15. The zero-order chi connectivity index (χ0) is 18.7. The number of carbonyl (C=O) groups is 1. The van der Waals surface area contributed by atoms with E-state index in [2.05, 4.69) is 26.1 Å². The summed E-state index contributed by atoms with van der Waals surface area (Å²) in [4.78, 5) is 19.0. The highest BCUT2D eigenvalue weighted by Crippen LogP contribution is 2.26. The molecule has 2 heterocycles. The third-order valence-corrected chi connectivity index (χ3v) is 5.90. The predicted molar refractivity (Wildman–Crippen MR) is 103 cm³/mol. The number of aryl methyl sites for hydroxylation is 2. The van der Waals surface area contributed by atoms with Crippen LogP contribution in [0.3, 0.4) is 0 Å². The van der Waals surface area contributed by atoms with Crippen molar-refractivity contribution in [3.8, 4) is 16.5 Å². The number of nitrogens with zero attached hydrogens (tertiary/aromatic N) is 3. The minimum Gasteiger partial charge on any atom is -0.484 e. The topological polar surface area (TPSA) is 68.5 Å². The minimum absolute atomic E-state index is 0.0526. The van der Waals surface area contributed by atoms with E-state index in [1.54, 1.807) is 7.05 Å². The molecular weight excluding hydrogens is 418 g/mol. The number of carbonyl (C=O) groups excluding carboxylic acids is 1. The summed E-state index contributed by atoms with van der Waals surface area (Å²) in [7, 11) is 1.68. The molecule has 6 nitrogen and oxygen atoms in total. The monoisotopic (exact) mass is 435 g/mol. The maximum Gasteiger partial charge on any atom is 0.260 e. The normalized spacial score (nSPS) is 10.8. The second-order valence-electron chi connectivity index (χ2n) is 5.90. The summed E-state index contributed by atoms with van der Waals surface area (Å²) in [5.41, 5.74) is 2.13. The Balaban J connectivity index is 1.57. The van der Waals surface area contributed by atoms with Gasteiger partial charge in [-0.15, -0.1) is 11.3 Å². The van der Waals surface area contributed by atoms with Gasteiger partial charge in [0, 0.05) is 11.5 Å². The standard InChI is InChI=1S/C18H18BrN3O3S/c1-11-7-13(8-12(2)17(11)19)24-10-16(23)22(3)9-15-20-18(21-25-15)14-5-4-6-26-14/h4-8H,9-10H2,1-3H3. The lowest BCUT2D eigenvalue weighted by Gasteiger charge is -2.16. The van der Waals surface area contributed by atoms with Gasteiger partial charge in [-0.25, -0.2) is 0 Å². The number of hydrogen-bond acceptors (Lipinski definition) is 6. The molecule has 1 aromatic carbocycles. The zero-order valence-corrected chi connectivity index (χ0v) is 17.1. The molecule has 136 valence electrons. The van der Waals surface area contributed by atoms with Crippen LogP contribution in [0.4, 0.5) is 0 Å².